The van der Waals surface area contributed by atoms with Gasteiger partial charge in [-0.05, 0) is 56.5 Å². The van der Waals surface area contributed by atoms with E-state index >= 15 is 0 Å². The van der Waals surface area contributed by atoms with Gasteiger partial charge >= 0.3 is 5.69 Å². The molecule has 0 aliphatic rings. The lowest BCUT2D eigenvalue weighted by atomic mass is 10.1. The summed E-state index contributed by atoms with van der Waals surface area (Å²) in [6.45, 7) is 7.13. The fourth-order valence-corrected chi connectivity index (χ4v) is 5.88. The van der Waals surface area contributed by atoms with Crippen molar-refractivity contribution in [1.29, 1.82) is 0 Å². The lowest BCUT2D eigenvalue weighted by Gasteiger charge is -2.15. The van der Waals surface area contributed by atoms with Gasteiger partial charge in [0, 0.05) is 25.8 Å². The average molecular weight is 535 g/mol. The van der Waals surface area contributed by atoms with E-state index in [1.54, 1.807) is 45.3 Å². The van der Waals surface area contributed by atoms with E-state index in [1.165, 1.54) is 16.6 Å². The molecular weight excluding hydrogens is 504 g/mol. The van der Waals surface area contributed by atoms with Gasteiger partial charge in [-0.3, -0.25) is 19.0 Å². The standard InChI is InChI=1S/C28H30N4O5S/c1-15-11-16(2)23(17(3)12-15)29-21(33)14-31-27-22(18(4)24(38-27)26(35)30(5)6)25(34)32(28(31)36)19-9-8-10-20(13-19)37-7/h8-13H,14H2,1-7H3,(H,29,33). The average Bonchev–Trinajstić information content (AvgIpc) is 3.20. The van der Waals surface area contributed by atoms with Crippen LogP contribution in [-0.4, -0.2) is 47.1 Å². The number of anilines is 1. The first-order valence-electron chi connectivity index (χ1n) is 12.0. The van der Waals surface area contributed by atoms with Gasteiger partial charge in [-0.15, -0.1) is 11.3 Å². The van der Waals surface area contributed by atoms with Crippen molar-refractivity contribution in [3.05, 3.63) is 84.4 Å². The highest BCUT2D eigenvalue weighted by atomic mass is 32.1. The lowest BCUT2D eigenvalue weighted by molar-refractivity contribution is -0.116. The van der Waals surface area contributed by atoms with Crippen LogP contribution in [0.4, 0.5) is 5.69 Å². The molecule has 0 saturated carbocycles. The summed E-state index contributed by atoms with van der Waals surface area (Å²) < 4.78 is 7.56. The van der Waals surface area contributed by atoms with Crippen LogP contribution in [0.1, 0.15) is 31.9 Å². The van der Waals surface area contributed by atoms with Crippen molar-refractivity contribution in [2.24, 2.45) is 0 Å². The van der Waals surface area contributed by atoms with Gasteiger partial charge in [-0.1, -0.05) is 23.8 Å². The molecule has 0 fully saturated rings. The first kappa shape index (κ1) is 26.9. The van der Waals surface area contributed by atoms with Crippen molar-refractivity contribution in [2.45, 2.75) is 34.2 Å². The van der Waals surface area contributed by atoms with Crippen LogP contribution in [0.3, 0.4) is 0 Å². The van der Waals surface area contributed by atoms with Crippen molar-refractivity contribution in [2.75, 3.05) is 26.5 Å². The normalized spacial score (nSPS) is 11.0. The van der Waals surface area contributed by atoms with Crippen molar-refractivity contribution in [3.63, 3.8) is 0 Å². The molecule has 198 valence electrons. The number of carbonyl (C=O) groups is 2. The molecule has 4 aromatic rings. The molecule has 0 spiro atoms. The molecule has 0 saturated heterocycles. The van der Waals surface area contributed by atoms with E-state index in [0.29, 0.717) is 27.6 Å². The van der Waals surface area contributed by atoms with E-state index < -0.39 is 17.2 Å². The van der Waals surface area contributed by atoms with Crippen molar-refractivity contribution >= 4 is 39.1 Å². The van der Waals surface area contributed by atoms with Gasteiger partial charge in [-0.2, -0.15) is 0 Å². The zero-order chi connectivity index (χ0) is 27.9. The molecule has 0 bridgehead atoms. The fraction of sp³-hybridized carbons (Fsp3) is 0.286. The zero-order valence-corrected chi connectivity index (χ0v) is 23.3. The van der Waals surface area contributed by atoms with Crippen LogP contribution in [0.25, 0.3) is 15.9 Å². The monoisotopic (exact) mass is 534 g/mol. The summed E-state index contributed by atoms with van der Waals surface area (Å²) in [6, 6.07) is 10.5. The fourth-order valence-electron chi connectivity index (χ4n) is 4.57. The van der Waals surface area contributed by atoms with E-state index in [9.17, 15) is 19.2 Å². The second-order valence-electron chi connectivity index (χ2n) is 9.47. The number of nitrogens with zero attached hydrogens (tertiary/aromatic N) is 3. The number of hydrogen-bond acceptors (Lipinski definition) is 6. The van der Waals surface area contributed by atoms with Crippen LogP contribution >= 0.6 is 11.3 Å². The molecule has 4 rings (SSSR count). The highest BCUT2D eigenvalue weighted by molar-refractivity contribution is 7.20. The number of nitrogens with one attached hydrogen (secondary N) is 1. The molecule has 10 heteroatoms. The molecule has 0 atom stereocenters. The van der Waals surface area contributed by atoms with Crippen molar-refractivity contribution in [1.82, 2.24) is 14.0 Å². The Morgan fingerprint density at radius 2 is 1.68 bits per heavy atom. The van der Waals surface area contributed by atoms with Gasteiger partial charge < -0.3 is 15.0 Å². The van der Waals surface area contributed by atoms with Crippen LogP contribution < -0.4 is 21.3 Å². The van der Waals surface area contributed by atoms with Crippen molar-refractivity contribution in [3.8, 4) is 11.4 Å². The summed E-state index contributed by atoms with van der Waals surface area (Å²) in [7, 11) is 4.73. The molecule has 0 radical (unpaired) electrons. The van der Waals surface area contributed by atoms with Crippen LogP contribution in [-0.2, 0) is 11.3 Å². The van der Waals surface area contributed by atoms with E-state index in [0.717, 1.165) is 32.6 Å². The topological polar surface area (TPSA) is 103 Å². The second kappa shape index (κ2) is 10.3. The number of aryl methyl sites for hydroxylation is 4. The maximum absolute atomic E-state index is 13.8. The third kappa shape index (κ3) is 4.74. The molecule has 0 aliphatic carbocycles. The molecule has 2 aromatic carbocycles. The number of aromatic nitrogens is 2. The quantitative estimate of drug-likeness (QED) is 0.406. The highest BCUT2D eigenvalue weighted by Gasteiger charge is 2.25. The minimum atomic E-state index is -0.687. The van der Waals surface area contributed by atoms with E-state index in [4.69, 9.17) is 4.74 Å². The highest BCUT2D eigenvalue weighted by Crippen LogP contribution is 2.29. The van der Waals surface area contributed by atoms with Crippen LogP contribution in [0, 0.1) is 27.7 Å². The summed E-state index contributed by atoms with van der Waals surface area (Å²) in [5.74, 6) is -0.245. The Bertz CT molecular complexity index is 1690. The number of ether oxygens (including phenoxy) is 1. The smallest absolute Gasteiger partial charge is 0.337 e. The van der Waals surface area contributed by atoms with Crippen LogP contribution in [0.2, 0.25) is 0 Å². The Morgan fingerprint density at radius 1 is 1.03 bits per heavy atom. The third-order valence-corrected chi connectivity index (χ3v) is 7.67. The maximum Gasteiger partial charge on any atom is 0.337 e. The number of methoxy groups -OCH3 is 1. The van der Waals surface area contributed by atoms with Crippen LogP contribution in [0.5, 0.6) is 5.75 Å². The number of fused-ring (bicyclic) bond motifs is 1. The molecular formula is C28H30N4O5S. The number of rotatable bonds is 6. The van der Waals surface area contributed by atoms with E-state index in [2.05, 4.69) is 5.32 Å². The molecule has 1 N–H and O–H groups in total. The predicted octanol–water partition coefficient (Wildman–Crippen LogP) is 3.80. The first-order valence-corrected chi connectivity index (χ1v) is 12.8. The minimum Gasteiger partial charge on any atom is -0.497 e. The van der Waals surface area contributed by atoms with Gasteiger partial charge in [0.15, 0.2) is 0 Å². The summed E-state index contributed by atoms with van der Waals surface area (Å²) in [6.07, 6.45) is 0. The molecule has 0 unspecified atom stereocenters. The second-order valence-corrected chi connectivity index (χ2v) is 10.5. The van der Waals surface area contributed by atoms with Crippen LogP contribution in [0.15, 0.2) is 46.0 Å². The Hall–Kier alpha value is -4.18. The molecule has 2 heterocycles. The number of amides is 2. The number of thiophene rings is 1. The van der Waals surface area contributed by atoms with Gasteiger partial charge in [-0.25, -0.2) is 9.36 Å². The summed E-state index contributed by atoms with van der Waals surface area (Å²) in [4.78, 5) is 55.7. The molecule has 9 nitrogen and oxygen atoms in total. The summed E-state index contributed by atoms with van der Waals surface area (Å²) in [5.41, 5.74) is 3.07. The van der Waals surface area contributed by atoms with E-state index in [1.807, 2.05) is 32.9 Å². The largest absolute Gasteiger partial charge is 0.497 e. The Labute approximate surface area is 223 Å². The molecule has 2 amide bonds. The van der Waals surface area contributed by atoms with Gasteiger partial charge in [0.25, 0.3) is 11.5 Å². The Balaban J connectivity index is 1.94. The zero-order valence-electron chi connectivity index (χ0n) is 22.5. The predicted molar refractivity (Wildman–Crippen MR) is 150 cm³/mol. The lowest BCUT2D eigenvalue weighted by Crippen LogP contribution is -2.40. The molecule has 38 heavy (non-hydrogen) atoms. The third-order valence-electron chi connectivity index (χ3n) is 6.37. The van der Waals surface area contributed by atoms with E-state index in [-0.39, 0.29) is 22.7 Å². The SMILES string of the molecule is COc1cccc(-n2c(=O)c3c(C)c(C(=O)N(C)C)sc3n(CC(=O)Nc3c(C)cc(C)cc3C)c2=O)c1. The van der Waals surface area contributed by atoms with Gasteiger partial charge in [0.05, 0.1) is 23.1 Å². The van der Waals surface area contributed by atoms with Gasteiger partial charge in [0.1, 0.15) is 17.1 Å². The number of hydrogen-bond donors (Lipinski definition) is 1. The van der Waals surface area contributed by atoms with Gasteiger partial charge in [0.2, 0.25) is 5.91 Å². The minimum absolute atomic E-state index is 0.220. The number of carbonyl (C=O) groups excluding carboxylic acids is 2. The first-order chi connectivity index (χ1) is 17.9. The summed E-state index contributed by atoms with van der Waals surface area (Å²) in [5, 5.41) is 3.14. The molecule has 2 aromatic heterocycles. The maximum atomic E-state index is 13.8. The Morgan fingerprint density at radius 3 is 2.29 bits per heavy atom. The molecule has 0 aliphatic heterocycles. The Kier molecular flexibility index (Phi) is 7.28. The number of benzene rings is 2. The van der Waals surface area contributed by atoms with Crippen molar-refractivity contribution < 1.29 is 14.3 Å². The summed E-state index contributed by atoms with van der Waals surface area (Å²) >= 11 is 1.04.